The van der Waals surface area contributed by atoms with Crippen LogP contribution in [0.5, 0.6) is 0 Å². The van der Waals surface area contributed by atoms with E-state index in [4.69, 9.17) is 15.2 Å². The van der Waals surface area contributed by atoms with E-state index in [1.165, 1.54) is 0 Å². The van der Waals surface area contributed by atoms with Crippen molar-refractivity contribution in [3.63, 3.8) is 0 Å². The van der Waals surface area contributed by atoms with Crippen molar-refractivity contribution in [2.45, 2.75) is 63.8 Å². The number of nitrogens with zero attached hydrogens (tertiary/aromatic N) is 1. The summed E-state index contributed by atoms with van der Waals surface area (Å²) in [5, 5.41) is 0. The Balaban J connectivity index is 1.67. The van der Waals surface area contributed by atoms with Crippen LogP contribution < -0.4 is 5.73 Å². The summed E-state index contributed by atoms with van der Waals surface area (Å²) >= 11 is 0. The lowest BCUT2D eigenvalue weighted by Crippen LogP contribution is -2.47. The largest absolute Gasteiger partial charge is 0.375 e. The monoisotopic (exact) mass is 256 g/mol. The Hall–Kier alpha value is -0.160. The first-order chi connectivity index (χ1) is 8.65. The molecule has 1 saturated carbocycles. The van der Waals surface area contributed by atoms with Crippen molar-refractivity contribution in [2.75, 3.05) is 26.3 Å². The summed E-state index contributed by atoms with van der Waals surface area (Å²) in [6.07, 6.45) is 5.09. The molecule has 0 radical (unpaired) electrons. The van der Waals surface area contributed by atoms with Crippen LogP contribution in [0.15, 0.2) is 0 Å². The van der Waals surface area contributed by atoms with E-state index in [0.29, 0.717) is 18.2 Å². The van der Waals surface area contributed by atoms with E-state index in [1.54, 1.807) is 0 Å². The van der Waals surface area contributed by atoms with Crippen molar-refractivity contribution in [2.24, 2.45) is 5.73 Å². The summed E-state index contributed by atoms with van der Waals surface area (Å²) in [4.78, 5) is 2.47. The first-order valence-electron chi connectivity index (χ1n) is 7.38. The van der Waals surface area contributed by atoms with Gasteiger partial charge in [0.05, 0.1) is 25.4 Å². The molecular formula is C14H28N2O2. The molecule has 2 rings (SSSR count). The van der Waals surface area contributed by atoms with Gasteiger partial charge in [-0.2, -0.15) is 0 Å². The maximum absolute atomic E-state index is 5.99. The molecule has 1 aliphatic carbocycles. The van der Waals surface area contributed by atoms with Crippen molar-refractivity contribution in [3.05, 3.63) is 0 Å². The normalized spacial score (nSPS) is 35.0. The highest BCUT2D eigenvalue weighted by Gasteiger charge is 2.25. The summed E-state index contributed by atoms with van der Waals surface area (Å²) in [5.41, 5.74) is 5.90. The van der Waals surface area contributed by atoms with E-state index < -0.39 is 0 Å². The third-order valence-electron chi connectivity index (χ3n) is 4.14. The standard InChI is InChI=1S/C14H28N2O2/c1-11(2)16-7-8-17-14(9-16)10-18-13-5-3-12(15)4-6-13/h11-14H,3-10,15H2,1-2H3. The molecule has 0 amide bonds. The maximum Gasteiger partial charge on any atom is 0.0935 e. The van der Waals surface area contributed by atoms with Gasteiger partial charge >= 0.3 is 0 Å². The Bertz CT molecular complexity index is 240. The van der Waals surface area contributed by atoms with Gasteiger partial charge in [0.25, 0.3) is 0 Å². The number of morpholine rings is 1. The second-order valence-corrected chi connectivity index (χ2v) is 5.95. The highest BCUT2D eigenvalue weighted by atomic mass is 16.5. The van der Waals surface area contributed by atoms with E-state index in [-0.39, 0.29) is 6.10 Å². The fraction of sp³-hybridized carbons (Fsp3) is 1.00. The molecule has 2 N–H and O–H groups in total. The van der Waals surface area contributed by atoms with Crippen molar-refractivity contribution >= 4 is 0 Å². The lowest BCUT2D eigenvalue weighted by atomic mass is 9.94. The van der Waals surface area contributed by atoms with Crippen LogP contribution in [-0.2, 0) is 9.47 Å². The van der Waals surface area contributed by atoms with Gasteiger partial charge in [0.15, 0.2) is 0 Å². The molecule has 106 valence electrons. The third-order valence-corrected chi connectivity index (χ3v) is 4.14. The number of ether oxygens (including phenoxy) is 2. The van der Waals surface area contributed by atoms with Crippen molar-refractivity contribution in [1.82, 2.24) is 4.90 Å². The first kappa shape index (κ1) is 14.3. The van der Waals surface area contributed by atoms with Crippen molar-refractivity contribution < 1.29 is 9.47 Å². The summed E-state index contributed by atoms with van der Waals surface area (Å²) in [5.74, 6) is 0. The van der Waals surface area contributed by atoms with E-state index in [9.17, 15) is 0 Å². The summed E-state index contributed by atoms with van der Waals surface area (Å²) in [6, 6.07) is 0.997. The SMILES string of the molecule is CC(C)N1CCOC(COC2CCC(N)CC2)C1. The molecule has 0 aromatic carbocycles. The lowest BCUT2D eigenvalue weighted by Gasteiger charge is -2.36. The third kappa shape index (κ3) is 4.19. The van der Waals surface area contributed by atoms with E-state index in [2.05, 4.69) is 18.7 Å². The Morgan fingerprint density at radius 1 is 1.28 bits per heavy atom. The smallest absolute Gasteiger partial charge is 0.0935 e. The molecule has 1 unspecified atom stereocenters. The molecule has 0 spiro atoms. The van der Waals surface area contributed by atoms with E-state index in [0.717, 1.165) is 52.0 Å². The minimum absolute atomic E-state index is 0.247. The molecule has 0 aromatic rings. The Morgan fingerprint density at radius 2 is 2.00 bits per heavy atom. The number of rotatable bonds is 4. The lowest BCUT2D eigenvalue weighted by molar-refractivity contribution is -0.0955. The van der Waals surface area contributed by atoms with Crippen molar-refractivity contribution in [1.29, 1.82) is 0 Å². The minimum Gasteiger partial charge on any atom is -0.375 e. The molecule has 0 aromatic heterocycles. The highest BCUT2D eigenvalue weighted by molar-refractivity contribution is 4.77. The van der Waals surface area contributed by atoms with Crippen molar-refractivity contribution in [3.8, 4) is 0 Å². The van der Waals surface area contributed by atoms with Crippen LogP contribution in [0.4, 0.5) is 0 Å². The number of hydrogen-bond acceptors (Lipinski definition) is 4. The topological polar surface area (TPSA) is 47.7 Å². The average molecular weight is 256 g/mol. The molecule has 18 heavy (non-hydrogen) atoms. The fourth-order valence-corrected chi connectivity index (χ4v) is 2.81. The molecule has 1 saturated heterocycles. The van der Waals surface area contributed by atoms with Gasteiger partial charge < -0.3 is 15.2 Å². The van der Waals surface area contributed by atoms with Gasteiger partial charge in [-0.3, -0.25) is 4.90 Å². The molecular weight excluding hydrogens is 228 g/mol. The zero-order valence-electron chi connectivity index (χ0n) is 11.8. The van der Waals surface area contributed by atoms with Crippen LogP contribution in [-0.4, -0.2) is 55.5 Å². The van der Waals surface area contributed by atoms with Crippen LogP contribution in [0.2, 0.25) is 0 Å². The van der Waals surface area contributed by atoms with Crippen LogP contribution in [0, 0.1) is 0 Å². The predicted molar refractivity (Wildman–Crippen MR) is 72.6 cm³/mol. The van der Waals surface area contributed by atoms with Gasteiger partial charge in [0, 0.05) is 25.2 Å². The van der Waals surface area contributed by atoms with Crippen LogP contribution >= 0.6 is 0 Å². The Labute approximate surface area is 111 Å². The first-order valence-corrected chi connectivity index (χ1v) is 7.38. The Kier molecular flexibility index (Phi) is 5.42. The molecule has 1 heterocycles. The average Bonchev–Trinajstić information content (AvgIpc) is 2.38. The zero-order valence-corrected chi connectivity index (χ0v) is 11.8. The molecule has 2 aliphatic rings. The molecule has 4 nitrogen and oxygen atoms in total. The fourth-order valence-electron chi connectivity index (χ4n) is 2.81. The quantitative estimate of drug-likeness (QED) is 0.825. The minimum atomic E-state index is 0.247. The second kappa shape index (κ2) is 6.85. The molecule has 2 fully saturated rings. The van der Waals surface area contributed by atoms with Gasteiger partial charge in [-0.15, -0.1) is 0 Å². The summed E-state index contributed by atoms with van der Waals surface area (Å²) in [6.45, 7) is 8.11. The van der Waals surface area contributed by atoms with Gasteiger partial charge in [-0.05, 0) is 39.5 Å². The highest BCUT2D eigenvalue weighted by Crippen LogP contribution is 2.20. The van der Waals surface area contributed by atoms with Crippen LogP contribution in [0.25, 0.3) is 0 Å². The summed E-state index contributed by atoms with van der Waals surface area (Å²) in [7, 11) is 0. The molecule has 4 heteroatoms. The van der Waals surface area contributed by atoms with Crippen LogP contribution in [0.3, 0.4) is 0 Å². The second-order valence-electron chi connectivity index (χ2n) is 5.95. The Morgan fingerprint density at radius 3 is 2.67 bits per heavy atom. The van der Waals surface area contributed by atoms with Crippen LogP contribution in [0.1, 0.15) is 39.5 Å². The number of hydrogen-bond donors (Lipinski definition) is 1. The maximum atomic E-state index is 5.99. The molecule has 1 atom stereocenters. The molecule has 1 aliphatic heterocycles. The zero-order chi connectivity index (χ0) is 13.0. The van der Waals surface area contributed by atoms with Gasteiger partial charge in [0.1, 0.15) is 0 Å². The van der Waals surface area contributed by atoms with Gasteiger partial charge in [-0.1, -0.05) is 0 Å². The van der Waals surface area contributed by atoms with E-state index in [1.807, 2.05) is 0 Å². The molecule has 0 bridgehead atoms. The predicted octanol–water partition coefficient (Wildman–Crippen LogP) is 1.38. The van der Waals surface area contributed by atoms with E-state index >= 15 is 0 Å². The summed E-state index contributed by atoms with van der Waals surface area (Å²) < 4.78 is 11.8. The number of nitrogens with two attached hydrogens (primary N) is 1. The van der Waals surface area contributed by atoms with Gasteiger partial charge in [0.2, 0.25) is 0 Å². The van der Waals surface area contributed by atoms with Gasteiger partial charge in [-0.25, -0.2) is 0 Å².